The van der Waals surface area contributed by atoms with Gasteiger partial charge < -0.3 is 10.3 Å². The number of amides is 1. The highest BCUT2D eigenvalue weighted by molar-refractivity contribution is 5.84. The van der Waals surface area contributed by atoms with Crippen molar-refractivity contribution in [1.82, 2.24) is 25.1 Å². The molecule has 176 valence electrons. The lowest BCUT2D eigenvalue weighted by atomic mass is 9.86. The Morgan fingerprint density at radius 2 is 1.88 bits per heavy atom. The molecule has 3 aliphatic heterocycles. The molecule has 1 amide bonds. The monoisotopic (exact) mass is 455 g/mol. The normalized spacial score (nSPS) is 22.6. The van der Waals surface area contributed by atoms with Gasteiger partial charge in [-0.1, -0.05) is 24.8 Å². The number of aromatic amines is 1. The number of rotatable bonds is 4. The van der Waals surface area contributed by atoms with Crippen LogP contribution >= 0.6 is 0 Å². The average molecular weight is 456 g/mol. The summed E-state index contributed by atoms with van der Waals surface area (Å²) in [4.78, 5) is 25.4. The third kappa shape index (κ3) is 4.28. The third-order valence-electron chi connectivity index (χ3n) is 7.95. The molecule has 0 saturated carbocycles. The lowest BCUT2D eigenvalue weighted by Crippen LogP contribution is -2.50. The Labute approximate surface area is 201 Å². The van der Waals surface area contributed by atoms with Gasteiger partial charge >= 0.3 is 0 Å². The Balaban J connectivity index is 1.09. The molecule has 6 heteroatoms. The van der Waals surface area contributed by atoms with Gasteiger partial charge in [0.2, 0.25) is 5.91 Å². The summed E-state index contributed by atoms with van der Waals surface area (Å²) < 4.78 is 0. The predicted octanol–water partition coefficient (Wildman–Crippen LogP) is 4.09. The van der Waals surface area contributed by atoms with Gasteiger partial charge in [-0.15, -0.1) is 0 Å². The van der Waals surface area contributed by atoms with Crippen molar-refractivity contribution in [1.29, 1.82) is 0 Å². The van der Waals surface area contributed by atoms with Gasteiger partial charge in [-0.2, -0.15) is 0 Å². The minimum atomic E-state index is -0.0237. The number of pyridine rings is 1. The van der Waals surface area contributed by atoms with Crippen molar-refractivity contribution in [2.24, 2.45) is 0 Å². The fraction of sp³-hybridized carbons (Fsp3) is 0.429. The van der Waals surface area contributed by atoms with Crippen LogP contribution in [0, 0.1) is 0 Å². The molecule has 1 aromatic carbocycles. The average Bonchev–Trinajstić information content (AvgIpc) is 3.32. The van der Waals surface area contributed by atoms with E-state index in [9.17, 15) is 4.79 Å². The molecule has 6 nitrogen and oxygen atoms in total. The maximum atomic E-state index is 12.5. The summed E-state index contributed by atoms with van der Waals surface area (Å²) in [7, 11) is 0. The number of piperidine rings is 2. The summed E-state index contributed by atoms with van der Waals surface area (Å²) in [6.45, 7) is 8.87. The molecule has 34 heavy (non-hydrogen) atoms. The molecule has 2 saturated heterocycles. The summed E-state index contributed by atoms with van der Waals surface area (Å²) in [6.07, 6.45) is 7.10. The SMILES string of the molecule is C=C1CCC(N2CCc3ccc(C4CCN(Cc5ccc6cc[nH]c6n5)CC4)cc3C2)C(=O)N1. The number of benzene rings is 1. The maximum absolute atomic E-state index is 12.5. The highest BCUT2D eigenvalue weighted by atomic mass is 16.2. The van der Waals surface area contributed by atoms with Gasteiger partial charge in [0, 0.05) is 36.9 Å². The van der Waals surface area contributed by atoms with Crippen molar-refractivity contribution in [2.75, 3.05) is 19.6 Å². The van der Waals surface area contributed by atoms with Crippen molar-refractivity contribution < 1.29 is 4.79 Å². The number of carbonyl (C=O) groups is 1. The second-order valence-electron chi connectivity index (χ2n) is 10.2. The minimum Gasteiger partial charge on any atom is -0.346 e. The number of nitrogens with zero attached hydrogens (tertiary/aromatic N) is 3. The molecule has 1 unspecified atom stereocenters. The van der Waals surface area contributed by atoms with Crippen molar-refractivity contribution in [2.45, 2.75) is 57.2 Å². The number of hydrogen-bond acceptors (Lipinski definition) is 4. The zero-order valence-electron chi connectivity index (χ0n) is 19.7. The van der Waals surface area contributed by atoms with Gasteiger partial charge in [-0.25, -0.2) is 4.98 Å². The van der Waals surface area contributed by atoms with Gasteiger partial charge in [0.05, 0.1) is 11.7 Å². The first-order chi connectivity index (χ1) is 16.6. The van der Waals surface area contributed by atoms with Crippen LogP contribution in [0.25, 0.3) is 11.0 Å². The first-order valence-corrected chi connectivity index (χ1v) is 12.6. The molecule has 6 rings (SSSR count). The van der Waals surface area contributed by atoms with Crippen LogP contribution in [0.1, 0.15) is 54.0 Å². The summed E-state index contributed by atoms with van der Waals surface area (Å²) >= 11 is 0. The van der Waals surface area contributed by atoms with E-state index in [2.05, 4.69) is 63.1 Å². The van der Waals surface area contributed by atoms with E-state index < -0.39 is 0 Å². The Morgan fingerprint density at radius 1 is 1.00 bits per heavy atom. The van der Waals surface area contributed by atoms with Crippen LogP contribution in [0.3, 0.4) is 0 Å². The van der Waals surface area contributed by atoms with Crippen LogP contribution in [0.2, 0.25) is 0 Å². The zero-order valence-corrected chi connectivity index (χ0v) is 19.7. The van der Waals surface area contributed by atoms with Crippen LogP contribution in [0.5, 0.6) is 0 Å². The number of nitrogens with one attached hydrogen (secondary N) is 2. The second-order valence-corrected chi connectivity index (χ2v) is 10.2. The van der Waals surface area contributed by atoms with Crippen LogP contribution in [-0.4, -0.2) is 51.4 Å². The number of hydrogen-bond donors (Lipinski definition) is 2. The topological polar surface area (TPSA) is 64.3 Å². The van der Waals surface area contributed by atoms with Crippen LogP contribution in [0.4, 0.5) is 0 Å². The number of allylic oxidation sites excluding steroid dienone is 1. The van der Waals surface area contributed by atoms with Crippen LogP contribution in [0.15, 0.2) is 54.9 Å². The predicted molar refractivity (Wildman–Crippen MR) is 134 cm³/mol. The molecule has 5 heterocycles. The highest BCUT2D eigenvalue weighted by Gasteiger charge is 2.32. The largest absolute Gasteiger partial charge is 0.346 e. The molecule has 0 radical (unpaired) electrons. The van der Waals surface area contributed by atoms with E-state index in [1.165, 1.54) is 34.9 Å². The second kappa shape index (κ2) is 9.01. The summed E-state index contributed by atoms with van der Waals surface area (Å²) in [5.41, 5.74) is 7.29. The van der Waals surface area contributed by atoms with E-state index in [0.717, 1.165) is 69.0 Å². The van der Waals surface area contributed by atoms with E-state index >= 15 is 0 Å². The lowest BCUT2D eigenvalue weighted by Gasteiger charge is -2.37. The molecule has 0 spiro atoms. The summed E-state index contributed by atoms with van der Waals surface area (Å²) in [6, 6.07) is 13.5. The molecule has 3 aromatic rings. The number of carbonyl (C=O) groups excluding carboxylic acids is 1. The summed E-state index contributed by atoms with van der Waals surface area (Å²) in [5.74, 6) is 0.727. The lowest BCUT2D eigenvalue weighted by molar-refractivity contribution is -0.127. The Morgan fingerprint density at radius 3 is 2.74 bits per heavy atom. The van der Waals surface area contributed by atoms with Gasteiger partial charge in [-0.3, -0.25) is 14.6 Å². The number of H-pyrrole nitrogens is 1. The van der Waals surface area contributed by atoms with Crippen LogP contribution < -0.4 is 5.32 Å². The fourth-order valence-electron chi connectivity index (χ4n) is 5.94. The molecule has 2 fully saturated rings. The van der Waals surface area contributed by atoms with E-state index in [-0.39, 0.29) is 11.9 Å². The zero-order chi connectivity index (χ0) is 23.1. The molecule has 3 aliphatic rings. The molecule has 1 atom stereocenters. The molecule has 2 aromatic heterocycles. The Kier molecular flexibility index (Phi) is 5.71. The molecule has 0 aliphatic carbocycles. The van der Waals surface area contributed by atoms with Gasteiger partial charge in [0.25, 0.3) is 0 Å². The van der Waals surface area contributed by atoms with E-state index in [0.29, 0.717) is 5.92 Å². The van der Waals surface area contributed by atoms with Crippen molar-refractivity contribution in [3.63, 3.8) is 0 Å². The van der Waals surface area contributed by atoms with Crippen molar-refractivity contribution >= 4 is 16.9 Å². The van der Waals surface area contributed by atoms with E-state index in [1.807, 2.05) is 6.20 Å². The van der Waals surface area contributed by atoms with Gasteiger partial charge in [0.1, 0.15) is 5.65 Å². The van der Waals surface area contributed by atoms with E-state index in [1.54, 1.807) is 0 Å². The summed E-state index contributed by atoms with van der Waals surface area (Å²) in [5, 5.41) is 4.13. The first kappa shape index (κ1) is 21.6. The minimum absolute atomic E-state index is 0.0237. The number of aromatic nitrogens is 2. The Bertz CT molecular complexity index is 1220. The third-order valence-corrected chi connectivity index (χ3v) is 7.95. The van der Waals surface area contributed by atoms with Gasteiger partial charge in [0.15, 0.2) is 0 Å². The number of fused-ring (bicyclic) bond motifs is 2. The molecule has 0 bridgehead atoms. The van der Waals surface area contributed by atoms with Gasteiger partial charge in [-0.05, 0) is 86.0 Å². The molecular weight excluding hydrogens is 422 g/mol. The quantitative estimate of drug-likeness (QED) is 0.622. The van der Waals surface area contributed by atoms with Crippen LogP contribution in [-0.2, 0) is 24.3 Å². The van der Waals surface area contributed by atoms with Crippen molar-refractivity contribution in [3.05, 3.63) is 77.3 Å². The van der Waals surface area contributed by atoms with Crippen molar-refractivity contribution in [3.8, 4) is 0 Å². The standard InChI is InChI=1S/C28H33N5O/c1-19-2-7-26(28(34)30-19)33-15-11-20-3-4-23(16-24(20)17-33)21-9-13-32(14-10-21)18-25-6-5-22-8-12-29-27(22)31-25/h3-6,8,12,16,21,26H,1-2,7,9-11,13-15,17-18H2,(H,29,31)(H,30,34). The molecular formula is C28H33N5O. The smallest absolute Gasteiger partial charge is 0.241 e. The first-order valence-electron chi connectivity index (χ1n) is 12.6. The fourth-order valence-corrected chi connectivity index (χ4v) is 5.94. The number of likely N-dealkylation sites (tertiary alicyclic amines) is 1. The highest BCUT2D eigenvalue weighted by Crippen LogP contribution is 2.32. The Hall–Kier alpha value is -2.96. The maximum Gasteiger partial charge on any atom is 0.241 e. The van der Waals surface area contributed by atoms with E-state index in [4.69, 9.17) is 4.98 Å². The molecule has 2 N–H and O–H groups in total.